The van der Waals surface area contributed by atoms with Crippen LogP contribution in [0.3, 0.4) is 0 Å². The Kier molecular flexibility index (Phi) is 3.94. The van der Waals surface area contributed by atoms with Gasteiger partial charge in [-0.25, -0.2) is 0 Å². The first-order valence-electron chi connectivity index (χ1n) is 6.97. The monoisotopic (exact) mass is 325 g/mol. The van der Waals surface area contributed by atoms with Crippen LogP contribution in [0.4, 0.5) is 0 Å². The Bertz CT molecular complexity index is 446. The van der Waals surface area contributed by atoms with Crippen LogP contribution in [0.25, 0.3) is 0 Å². The first-order chi connectivity index (χ1) is 9.18. The number of piperidine rings is 1. The summed E-state index contributed by atoms with van der Waals surface area (Å²) in [4.78, 5) is 2.40. The highest BCUT2D eigenvalue weighted by atomic mass is 79.9. The fourth-order valence-corrected chi connectivity index (χ4v) is 3.71. The number of ether oxygens (including phenoxy) is 1. The predicted octanol–water partition coefficient (Wildman–Crippen LogP) is 2.56. The van der Waals surface area contributed by atoms with Crippen LogP contribution in [0.15, 0.2) is 28.7 Å². The van der Waals surface area contributed by atoms with Crippen LogP contribution in [-0.2, 0) is 11.3 Å². The molecular formula is C15H20BrNO2. The number of aliphatic hydroxyl groups excluding tert-OH is 1. The molecule has 0 radical (unpaired) electrons. The van der Waals surface area contributed by atoms with Crippen molar-refractivity contribution in [2.75, 3.05) is 19.7 Å². The molecule has 1 aromatic carbocycles. The van der Waals surface area contributed by atoms with Gasteiger partial charge >= 0.3 is 0 Å². The molecule has 3 nitrogen and oxygen atoms in total. The summed E-state index contributed by atoms with van der Waals surface area (Å²) in [6.45, 7) is 3.51. The van der Waals surface area contributed by atoms with E-state index in [1.54, 1.807) is 0 Å². The highest BCUT2D eigenvalue weighted by molar-refractivity contribution is 9.10. The van der Waals surface area contributed by atoms with Crippen LogP contribution >= 0.6 is 15.9 Å². The van der Waals surface area contributed by atoms with Crippen molar-refractivity contribution in [1.29, 1.82) is 0 Å². The Labute approximate surface area is 122 Å². The van der Waals surface area contributed by atoms with Gasteiger partial charge in [0, 0.05) is 30.7 Å². The van der Waals surface area contributed by atoms with Crippen molar-refractivity contribution in [3.8, 4) is 0 Å². The molecule has 4 heteroatoms. The second kappa shape index (κ2) is 5.52. The Hall–Kier alpha value is -0.420. The minimum absolute atomic E-state index is 0.297. The van der Waals surface area contributed by atoms with Crippen LogP contribution in [0.5, 0.6) is 0 Å². The van der Waals surface area contributed by atoms with Crippen molar-refractivity contribution in [3.63, 3.8) is 0 Å². The molecule has 0 saturated carbocycles. The van der Waals surface area contributed by atoms with Gasteiger partial charge < -0.3 is 9.84 Å². The lowest BCUT2D eigenvalue weighted by Gasteiger charge is -2.43. The number of halogens is 1. The van der Waals surface area contributed by atoms with Crippen molar-refractivity contribution in [2.45, 2.75) is 37.5 Å². The minimum atomic E-state index is -0.301. The third kappa shape index (κ3) is 2.87. The van der Waals surface area contributed by atoms with Crippen LogP contribution in [0, 0.1) is 0 Å². The average Bonchev–Trinajstić information content (AvgIpc) is 2.84. The van der Waals surface area contributed by atoms with Gasteiger partial charge in [-0.15, -0.1) is 0 Å². The molecule has 3 rings (SSSR count). The van der Waals surface area contributed by atoms with Crippen LogP contribution in [-0.4, -0.2) is 41.4 Å². The third-order valence-corrected chi connectivity index (χ3v) is 4.74. The Morgan fingerprint density at radius 3 is 3.11 bits per heavy atom. The summed E-state index contributed by atoms with van der Waals surface area (Å²) < 4.78 is 7.00. The van der Waals surface area contributed by atoms with Crippen molar-refractivity contribution in [1.82, 2.24) is 4.90 Å². The quantitative estimate of drug-likeness (QED) is 0.907. The first-order valence-corrected chi connectivity index (χ1v) is 7.76. The number of likely N-dealkylation sites (tertiary alicyclic amines) is 1. The van der Waals surface area contributed by atoms with E-state index in [-0.39, 0.29) is 11.7 Å². The second-order valence-corrected chi connectivity index (χ2v) is 6.58. The zero-order valence-electron chi connectivity index (χ0n) is 11.0. The van der Waals surface area contributed by atoms with Crippen molar-refractivity contribution in [3.05, 3.63) is 34.3 Å². The lowest BCUT2D eigenvalue weighted by atomic mass is 9.87. The molecule has 2 atom stereocenters. The molecule has 0 unspecified atom stereocenters. The zero-order chi connectivity index (χ0) is 13.3. The fraction of sp³-hybridized carbons (Fsp3) is 0.600. The number of hydrogen-bond acceptors (Lipinski definition) is 3. The predicted molar refractivity (Wildman–Crippen MR) is 78.0 cm³/mol. The van der Waals surface area contributed by atoms with Gasteiger partial charge in [0.2, 0.25) is 0 Å². The lowest BCUT2D eigenvalue weighted by Crippen LogP contribution is -2.56. The summed E-state index contributed by atoms with van der Waals surface area (Å²) in [5.41, 5.74) is 1.00. The zero-order valence-corrected chi connectivity index (χ0v) is 12.6. The van der Waals surface area contributed by atoms with E-state index in [1.807, 2.05) is 6.07 Å². The van der Waals surface area contributed by atoms with E-state index in [0.717, 1.165) is 50.0 Å². The smallest absolute Gasteiger partial charge is 0.107 e. The summed E-state index contributed by atoms with van der Waals surface area (Å²) in [5.74, 6) is 0. The summed E-state index contributed by atoms with van der Waals surface area (Å²) in [6.07, 6.45) is 2.58. The molecule has 2 fully saturated rings. The Balaban J connectivity index is 1.69. The van der Waals surface area contributed by atoms with E-state index < -0.39 is 0 Å². The fourth-order valence-electron chi connectivity index (χ4n) is 3.27. The van der Waals surface area contributed by atoms with Gasteiger partial charge in [-0.3, -0.25) is 4.90 Å². The minimum Gasteiger partial charge on any atom is -0.390 e. The molecule has 1 spiro atoms. The Morgan fingerprint density at radius 2 is 2.37 bits per heavy atom. The molecule has 2 heterocycles. The number of rotatable bonds is 2. The molecule has 0 amide bonds. The largest absolute Gasteiger partial charge is 0.390 e. The molecule has 0 aromatic heterocycles. The SMILES string of the molecule is O[C@H]1CCN(Cc2cccc(Br)c2)C[C@@]12CCCO2. The molecule has 2 saturated heterocycles. The number of benzene rings is 1. The maximum atomic E-state index is 10.2. The molecular weight excluding hydrogens is 306 g/mol. The van der Waals surface area contributed by atoms with Crippen molar-refractivity contribution < 1.29 is 9.84 Å². The summed E-state index contributed by atoms with van der Waals surface area (Å²) in [5, 5.41) is 10.2. The summed E-state index contributed by atoms with van der Waals surface area (Å²) in [6, 6.07) is 8.43. The number of nitrogens with zero attached hydrogens (tertiary/aromatic N) is 1. The van der Waals surface area contributed by atoms with Gasteiger partial charge in [-0.1, -0.05) is 28.1 Å². The van der Waals surface area contributed by atoms with E-state index in [1.165, 1.54) is 5.56 Å². The molecule has 1 aromatic rings. The van der Waals surface area contributed by atoms with Crippen LogP contribution in [0.1, 0.15) is 24.8 Å². The molecule has 2 aliphatic rings. The van der Waals surface area contributed by atoms with E-state index in [2.05, 4.69) is 39.0 Å². The van der Waals surface area contributed by atoms with Crippen molar-refractivity contribution >= 4 is 15.9 Å². The van der Waals surface area contributed by atoms with E-state index in [4.69, 9.17) is 4.74 Å². The van der Waals surface area contributed by atoms with E-state index >= 15 is 0 Å². The molecule has 104 valence electrons. The second-order valence-electron chi connectivity index (χ2n) is 5.66. The molecule has 0 bridgehead atoms. The highest BCUT2D eigenvalue weighted by Crippen LogP contribution is 2.35. The topological polar surface area (TPSA) is 32.7 Å². The maximum Gasteiger partial charge on any atom is 0.107 e. The molecule has 0 aliphatic carbocycles. The van der Waals surface area contributed by atoms with Crippen molar-refractivity contribution in [2.24, 2.45) is 0 Å². The molecule has 1 N–H and O–H groups in total. The van der Waals surface area contributed by atoms with E-state index in [9.17, 15) is 5.11 Å². The van der Waals surface area contributed by atoms with Gasteiger partial charge in [0.15, 0.2) is 0 Å². The van der Waals surface area contributed by atoms with Gasteiger partial charge in [0.1, 0.15) is 5.60 Å². The summed E-state index contributed by atoms with van der Waals surface area (Å²) in [7, 11) is 0. The standard InChI is InChI=1S/C15H20BrNO2/c16-13-4-1-3-12(9-13)10-17-7-5-14(18)15(11-17)6-2-8-19-15/h1,3-4,9,14,18H,2,5-8,10-11H2/t14-,15-/m0/s1. The highest BCUT2D eigenvalue weighted by Gasteiger charge is 2.45. The van der Waals surface area contributed by atoms with Gasteiger partial charge in [-0.05, 0) is 37.0 Å². The van der Waals surface area contributed by atoms with Crippen LogP contribution in [0.2, 0.25) is 0 Å². The number of aliphatic hydroxyl groups is 1. The number of hydrogen-bond donors (Lipinski definition) is 1. The van der Waals surface area contributed by atoms with E-state index in [0.29, 0.717) is 0 Å². The third-order valence-electron chi connectivity index (χ3n) is 4.25. The van der Waals surface area contributed by atoms with Gasteiger partial charge in [-0.2, -0.15) is 0 Å². The lowest BCUT2D eigenvalue weighted by molar-refractivity contribution is -0.132. The maximum absolute atomic E-state index is 10.2. The molecule has 2 aliphatic heterocycles. The van der Waals surface area contributed by atoms with Gasteiger partial charge in [0.25, 0.3) is 0 Å². The normalized spacial score (nSPS) is 32.0. The first kappa shape index (κ1) is 13.6. The summed E-state index contributed by atoms with van der Waals surface area (Å²) >= 11 is 3.51. The Morgan fingerprint density at radius 1 is 1.47 bits per heavy atom. The van der Waals surface area contributed by atoms with Crippen LogP contribution < -0.4 is 0 Å². The molecule has 19 heavy (non-hydrogen) atoms. The van der Waals surface area contributed by atoms with Gasteiger partial charge in [0.05, 0.1) is 6.10 Å². The average molecular weight is 326 g/mol.